The van der Waals surface area contributed by atoms with Crippen LogP contribution in [-0.4, -0.2) is 55.4 Å². The number of aryl methyl sites for hydroxylation is 1. The molecule has 1 aliphatic heterocycles. The van der Waals surface area contributed by atoms with E-state index >= 15 is 0 Å². The van der Waals surface area contributed by atoms with E-state index in [1.165, 1.54) is 14.1 Å². The van der Waals surface area contributed by atoms with Crippen LogP contribution in [0, 0.1) is 11.6 Å². The van der Waals surface area contributed by atoms with Gasteiger partial charge in [0.2, 0.25) is 5.88 Å². The molecule has 2 aromatic carbocycles. The Labute approximate surface area is 229 Å². The van der Waals surface area contributed by atoms with E-state index in [4.69, 9.17) is 4.74 Å². The lowest BCUT2D eigenvalue weighted by atomic mass is 9.97. The van der Waals surface area contributed by atoms with Crippen LogP contribution in [0.4, 0.5) is 8.78 Å². The maximum absolute atomic E-state index is 14.2. The molecule has 1 aliphatic rings. The summed E-state index contributed by atoms with van der Waals surface area (Å²) in [7, 11) is 3.26. The average Bonchev–Trinajstić information content (AvgIpc) is 3.59. The summed E-state index contributed by atoms with van der Waals surface area (Å²) in [6.45, 7) is 2.42. The highest BCUT2D eigenvalue weighted by Crippen LogP contribution is 2.36. The molecule has 0 radical (unpaired) electrons. The molecule has 40 heavy (non-hydrogen) atoms. The van der Waals surface area contributed by atoms with Gasteiger partial charge < -0.3 is 14.7 Å². The topological polar surface area (TPSA) is 102 Å². The Kier molecular flexibility index (Phi) is 7.38. The molecule has 11 heteroatoms. The van der Waals surface area contributed by atoms with Crippen molar-refractivity contribution in [1.82, 2.24) is 24.2 Å². The molecule has 0 spiro atoms. The predicted octanol–water partition coefficient (Wildman–Crippen LogP) is 4.27. The van der Waals surface area contributed by atoms with E-state index in [-0.39, 0.29) is 29.4 Å². The summed E-state index contributed by atoms with van der Waals surface area (Å²) in [4.78, 5) is 32.7. The summed E-state index contributed by atoms with van der Waals surface area (Å²) in [5, 5.41) is 15.9. The summed E-state index contributed by atoms with van der Waals surface area (Å²) in [6, 6.07) is 11.3. The molecule has 9 nitrogen and oxygen atoms in total. The minimum absolute atomic E-state index is 0.0236. The molecule has 3 heterocycles. The first-order valence-electron chi connectivity index (χ1n) is 13.0. The van der Waals surface area contributed by atoms with Crippen molar-refractivity contribution in [3.63, 3.8) is 0 Å². The number of carbonyl (C=O) groups excluding carboxylic acids is 1. The zero-order valence-corrected chi connectivity index (χ0v) is 22.3. The lowest BCUT2D eigenvalue weighted by Crippen LogP contribution is -2.35. The predicted molar refractivity (Wildman–Crippen MR) is 143 cm³/mol. The fraction of sp³-hybridized carbons (Fsp3) is 0.310. The number of aromatic hydroxyl groups is 1. The van der Waals surface area contributed by atoms with Crippen molar-refractivity contribution in [1.29, 1.82) is 0 Å². The van der Waals surface area contributed by atoms with Gasteiger partial charge in [-0.05, 0) is 48.2 Å². The number of hydrogen-bond acceptors (Lipinski definition) is 6. The number of likely N-dealkylation sites (tertiary alicyclic amines) is 1. The zero-order valence-electron chi connectivity index (χ0n) is 22.3. The summed E-state index contributed by atoms with van der Waals surface area (Å²) < 4.78 is 36.7. The van der Waals surface area contributed by atoms with E-state index in [2.05, 4.69) is 10.1 Å². The minimum Gasteiger partial charge on any atom is -0.496 e. The van der Waals surface area contributed by atoms with Crippen LogP contribution in [0.25, 0.3) is 11.5 Å². The van der Waals surface area contributed by atoms with Gasteiger partial charge in [-0.1, -0.05) is 25.1 Å². The molecule has 1 saturated heterocycles. The molecule has 4 aromatic rings. The third-order valence-electron chi connectivity index (χ3n) is 7.28. The second-order valence-corrected chi connectivity index (χ2v) is 9.79. The van der Waals surface area contributed by atoms with Gasteiger partial charge in [0.25, 0.3) is 11.5 Å². The van der Waals surface area contributed by atoms with Gasteiger partial charge in [-0.15, -0.1) is 0 Å². The lowest BCUT2D eigenvalue weighted by Gasteiger charge is -2.25. The number of halogens is 2. The molecular formula is C29H29F2N5O4. The number of rotatable bonds is 7. The third kappa shape index (κ3) is 4.94. The van der Waals surface area contributed by atoms with E-state index in [1.54, 1.807) is 33.3 Å². The number of methoxy groups -OCH3 is 1. The standard InChI is InChI=1S/C29H29F2N5O4/c1-4-23(18-13-19(30)15-20(31)14-18)36-26(22-10-11-34(2)33-22)32-27(37)25(29(36)39)28(38)35-12-9-17(16-35)21-7-5-6-8-24(21)40-3/h5-8,10-11,13-15,17,23,39H,4,9,12,16H2,1-3H3. The van der Waals surface area contributed by atoms with Gasteiger partial charge in [-0.3, -0.25) is 18.8 Å². The highest BCUT2D eigenvalue weighted by Gasteiger charge is 2.35. The molecule has 1 amide bonds. The maximum Gasteiger partial charge on any atom is 0.290 e. The molecule has 208 valence electrons. The van der Waals surface area contributed by atoms with Crippen molar-refractivity contribution in [2.45, 2.75) is 31.7 Å². The average molecular weight is 550 g/mol. The summed E-state index contributed by atoms with van der Waals surface area (Å²) in [5.41, 5.74) is -0.0174. The molecule has 2 atom stereocenters. The van der Waals surface area contributed by atoms with Crippen LogP contribution < -0.4 is 10.3 Å². The van der Waals surface area contributed by atoms with E-state index in [1.807, 2.05) is 24.3 Å². The molecule has 2 unspecified atom stereocenters. The van der Waals surface area contributed by atoms with Crippen LogP contribution in [-0.2, 0) is 7.05 Å². The Bertz CT molecular complexity index is 1610. The summed E-state index contributed by atoms with van der Waals surface area (Å²) >= 11 is 0. The maximum atomic E-state index is 14.2. The molecule has 1 N–H and O–H groups in total. The molecule has 0 bridgehead atoms. The number of ether oxygens (including phenoxy) is 1. The van der Waals surface area contributed by atoms with Crippen LogP contribution in [0.15, 0.2) is 59.5 Å². The fourth-order valence-electron chi connectivity index (χ4n) is 5.42. The summed E-state index contributed by atoms with van der Waals surface area (Å²) in [5.74, 6) is -2.24. The van der Waals surface area contributed by atoms with Crippen LogP contribution in [0.3, 0.4) is 0 Å². The van der Waals surface area contributed by atoms with Crippen molar-refractivity contribution in [3.05, 3.63) is 93.4 Å². The van der Waals surface area contributed by atoms with Crippen molar-refractivity contribution < 1.29 is 23.4 Å². The number of carbonyl (C=O) groups is 1. The van der Waals surface area contributed by atoms with Crippen molar-refractivity contribution in [2.75, 3.05) is 20.2 Å². The van der Waals surface area contributed by atoms with E-state index < -0.39 is 40.6 Å². The number of benzene rings is 2. The second kappa shape index (κ2) is 10.9. The SMILES string of the molecule is CCC(c1cc(F)cc(F)c1)n1c(-c2ccn(C)n2)nc(=O)c(C(=O)N2CCC(c3ccccc3OC)C2)c1O. The molecular weight excluding hydrogens is 520 g/mol. The Hall–Kier alpha value is -4.54. The molecule has 0 saturated carbocycles. The van der Waals surface area contributed by atoms with Gasteiger partial charge in [-0.25, -0.2) is 8.78 Å². The summed E-state index contributed by atoms with van der Waals surface area (Å²) in [6.07, 6.45) is 2.53. The van der Waals surface area contributed by atoms with E-state index in [0.29, 0.717) is 25.3 Å². The first-order chi connectivity index (χ1) is 19.2. The number of hydrogen-bond donors (Lipinski definition) is 1. The van der Waals surface area contributed by atoms with Gasteiger partial charge in [0.15, 0.2) is 11.4 Å². The first kappa shape index (κ1) is 27.0. The number of para-hydroxylation sites is 1. The Balaban J connectivity index is 1.60. The van der Waals surface area contributed by atoms with Gasteiger partial charge in [0, 0.05) is 38.3 Å². The number of amides is 1. The quantitative estimate of drug-likeness (QED) is 0.370. The molecule has 2 aromatic heterocycles. The minimum atomic E-state index is -0.916. The van der Waals surface area contributed by atoms with Crippen molar-refractivity contribution in [2.24, 2.45) is 7.05 Å². The van der Waals surface area contributed by atoms with Gasteiger partial charge in [-0.2, -0.15) is 10.1 Å². The molecule has 1 fully saturated rings. The first-order valence-corrected chi connectivity index (χ1v) is 13.0. The van der Waals surface area contributed by atoms with Crippen LogP contribution in [0.5, 0.6) is 11.6 Å². The van der Waals surface area contributed by atoms with Crippen molar-refractivity contribution >= 4 is 5.91 Å². The Morgan fingerprint density at radius 2 is 1.90 bits per heavy atom. The van der Waals surface area contributed by atoms with Crippen LogP contribution in [0.2, 0.25) is 0 Å². The molecule has 5 rings (SSSR count). The van der Waals surface area contributed by atoms with E-state index in [0.717, 1.165) is 23.8 Å². The normalized spacial score (nSPS) is 15.8. The zero-order chi connectivity index (χ0) is 28.6. The highest BCUT2D eigenvalue weighted by atomic mass is 19.1. The fourth-order valence-corrected chi connectivity index (χ4v) is 5.42. The van der Waals surface area contributed by atoms with Gasteiger partial charge in [0.05, 0.1) is 13.2 Å². The number of nitrogens with zero attached hydrogens (tertiary/aromatic N) is 5. The molecule has 0 aliphatic carbocycles. The van der Waals surface area contributed by atoms with Gasteiger partial charge >= 0.3 is 0 Å². The van der Waals surface area contributed by atoms with Crippen molar-refractivity contribution in [3.8, 4) is 23.1 Å². The highest BCUT2D eigenvalue weighted by molar-refractivity contribution is 5.96. The Morgan fingerprint density at radius 3 is 2.55 bits per heavy atom. The largest absolute Gasteiger partial charge is 0.496 e. The Morgan fingerprint density at radius 1 is 1.18 bits per heavy atom. The number of aromatic nitrogens is 4. The smallest absolute Gasteiger partial charge is 0.290 e. The lowest BCUT2D eigenvalue weighted by molar-refractivity contribution is 0.0783. The second-order valence-electron chi connectivity index (χ2n) is 9.79. The monoisotopic (exact) mass is 549 g/mol. The third-order valence-corrected chi connectivity index (χ3v) is 7.28. The van der Waals surface area contributed by atoms with Gasteiger partial charge in [0.1, 0.15) is 23.1 Å². The van der Waals surface area contributed by atoms with Crippen LogP contribution >= 0.6 is 0 Å². The van der Waals surface area contributed by atoms with Crippen LogP contribution in [0.1, 0.15) is 53.2 Å². The van der Waals surface area contributed by atoms with E-state index in [9.17, 15) is 23.5 Å².